The summed E-state index contributed by atoms with van der Waals surface area (Å²) in [5, 5.41) is 11.5. The van der Waals surface area contributed by atoms with Crippen LogP contribution in [-0.4, -0.2) is 35.2 Å². The number of benzene rings is 1. The van der Waals surface area contributed by atoms with Gasteiger partial charge in [0.2, 0.25) is 5.91 Å². The number of carbonyl (C=O) groups excluding carboxylic acids is 1. The van der Waals surface area contributed by atoms with Crippen LogP contribution in [0.25, 0.3) is 44.8 Å². The van der Waals surface area contributed by atoms with Gasteiger partial charge in [0.25, 0.3) is 0 Å². The van der Waals surface area contributed by atoms with Gasteiger partial charge in [-0.3, -0.25) is 9.48 Å². The minimum atomic E-state index is -0.246. The van der Waals surface area contributed by atoms with Crippen LogP contribution < -0.4 is 10.6 Å². The average Bonchev–Trinajstić information content (AvgIpc) is 3.38. The van der Waals surface area contributed by atoms with E-state index in [9.17, 15) is 4.79 Å². The monoisotopic (exact) mass is 462 g/mol. The molecule has 172 valence electrons. The number of anilines is 2. The van der Waals surface area contributed by atoms with Gasteiger partial charge in [0.1, 0.15) is 17.8 Å². The van der Waals surface area contributed by atoms with Crippen molar-refractivity contribution in [3.05, 3.63) is 73.3 Å². The Balaban J connectivity index is 1.56. The number of nitrogens with zero attached hydrogens (tertiary/aromatic N) is 6. The van der Waals surface area contributed by atoms with E-state index in [0.29, 0.717) is 12.2 Å². The third-order valence-electron chi connectivity index (χ3n) is 6.33. The molecule has 9 nitrogen and oxygen atoms in total. The van der Waals surface area contributed by atoms with E-state index in [0.717, 1.165) is 56.3 Å². The van der Waals surface area contributed by atoms with Crippen molar-refractivity contribution < 1.29 is 4.79 Å². The van der Waals surface area contributed by atoms with Crippen LogP contribution in [0.15, 0.2) is 67.6 Å². The molecule has 6 rings (SSSR count). The van der Waals surface area contributed by atoms with Gasteiger partial charge in [0, 0.05) is 37.1 Å². The van der Waals surface area contributed by atoms with Gasteiger partial charge < -0.3 is 15.2 Å². The Labute approximate surface area is 201 Å². The van der Waals surface area contributed by atoms with Gasteiger partial charge in [0.15, 0.2) is 0 Å². The lowest BCUT2D eigenvalue weighted by molar-refractivity contribution is -0.111. The zero-order valence-electron chi connectivity index (χ0n) is 19.3. The van der Waals surface area contributed by atoms with Gasteiger partial charge in [-0.2, -0.15) is 5.10 Å². The molecule has 1 aliphatic rings. The van der Waals surface area contributed by atoms with Crippen LogP contribution in [0, 0.1) is 0 Å². The molecule has 1 aromatic carbocycles. The molecule has 5 aromatic rings. The first-order valence-corrected chi connectivity index (χ1v) is 11.1. The summed E-state index contributed by atoms with van der Waals surface area (Å²) in [6, 6.07) is 13.9. The number of amides is 1. The molecule has 5 heterocycles. The number of aryl methyl sites for hydroxylation is 2. The van der Waals surface area contributed by atoms with E-state index in [1.54, 1.807) is 12.5 Å². The fraction of sp³-hybridized carbons (Fsp3) is 0.115. The van der Waals surface area contributed by atoms with E-state index < -0.39 is 0 Å². The number of aromatic nitrogens is 6. The van der Waals surface area contributed by atoms with Crippen LogP contribution in [0.5, 0.6) is 0 Å². The molecular formula is C26H22N8O. The summed E-state index contributed by atoms with van der Waals surface area (Å²) in [4.78, 5) is 25.8. The number of hydrogen-bond donors (Lipinski definition) is 2. The topological polar surface area (TPSA) is 103 Å². The second kappa shape index (κ2) is 7.91. The number of pyridine rings is 1. The van der Waals surface area contributed by atoms with Crippen LogP contribution in [0.2, 0.25) is 0 Å². The second-order valence-corrected chi connectivity index (χ2v) is 8.36. The van der Waals surface area contributed by atoms with E-state index in [2.05, 4.69) is 42.9 Å². The number of carbonyl (C=O) groups is 1. The van der Waals surface area contributed by atoms with E-state index in [1.165, 1.54) is 6.08 Å². The highest BCUT2D eigenvalue weighted by molar-refractivity contribution is 6.09. The Morgan fingerprint density at radius 1 is 1.11 bits per heavy atom. The maximum atomic E-state index is 11.7. The minimum absolute atomic E-state index is 0.246. The maximum Gasteiger partial charge on any atom is 0.247 e. The summed E-state index contributed by atoms with van der Waals surface area (Å²) in [7, 11) is 3.91. The van der Waals surface area contributed by atoms with Gasteiger partial charge in [-0.15, -0.1) is 0 Å². The van der Waals surface area contributed by atoms with Crippen molar-refractivity contribution in [2.75, 3.05) is 10.6 Å². The maximum absolute atomic E-state index is 11.7. The lowest BCUT2D eigenvalue weighted by Crippen LogP contribution is -2.07. The minimum Gasteiger partial charge on any atom is -0.364 e. The fourth-order valence-electron chi connectivity index (χ4n) is 4.69. The molecular weight excluding hydrogens is 440 g/mol. The number of nitrogens with one attached hydrogen (secondary N) is 2. The highest BCUT2D eigenvalue weighted by Crippen LogP contribution is 2.45. The highest BCUT2D eigenvalue weighted by atomic mass is 16.1. The van der Waals surface area contributed by atoms with E-state index in [1.807, 2.05) is 55.2 Å². The summed E-state index contributed by atoms with van der Waals surface area (Å²) in [5.41, 5.74) is 8.32. The van der Waals surface area contributed by atoms with Gasteiger partial charge in [-0.25, -0.2) is 15.0 Å². The molecule has 35 heavy (non-hydrogen) atoms. The number of rotatable bonds is 4. The SMILES string of the molecule is C=CC(=O)Nc1ccc(-c2c3c4c(ncnc4n2C)NCc2nc(-c4ccnn4C)ccc2-3)cc1. The molecule has 1 aliphatic heterocycles. The zero-order chi connectivity index (χ0) is 24.1. The summed E-state index contributed by atoms with van der Waals surface area (Å²) >= 11 is 0. The van der Waals surface area contributed by atoms with Gasteiger partial charge in [-0.05, 0) is 35.9 Å². The molecule has 0 radical (unpaired) electrons. The highest BCUT2D eigenvalue weighted by Gasteiger charge is 2.27. The third kappa shape index (κ3) is 3.28. The smallest absolute Gasteiger partial charge is 0.247 e. The Kier molecular flexibility index (Phi) is 4.70. The number of hydrogen-bond acceptors (Lipinski definition) is 6. The first kappa shape index (κ1) is 20.8. The first-order chi connectivity index (χ1) is 17.0. The van der Waals surface area contributed by atoms with Crippen LogP contribution in [-0.2, 0) is 25.4 Å². The van der Waals surface area contributed by atoms with Gasteiger partial charge in [-0.1, -0.05) is 24.8 Å². The third-order valence-corrected chi connectivity index (χ3v) is 6.33. The summed E-state index contributed by atoms with van der Waals surface area (Å²) in [5.74, 6) is 0.533. The lowest BCUT2D eigenvalue weighted by atomic mass is 9.97. The molecule has 0 fully saturated rings. The molecule has 0 spiro atoms. The Hall–Kier alpha value is -4.79. The van der Waals surface area contributed by atoms with Crippen molar-refractivity contribution in [1.29, 1.82) is 0 Å². The summed E-state index contributed by atoms with van der Waals surface area (Å²) < 4.78 is 3.90. The van der Waals surface area contributed by atoms with E-state index in [-0.39, 0.29) is 5.91 Å². The number of fused-ring (bicyclic) bond motifs is 2. The van der Waals surface area contributed by atoms with Gasteiger partial charge >= 0.3 is 0 Å². The molecule has 9 heteroatoms. The molecule has 0 atom stereocenters. The van der Waals surface area contributed by atoms with Crippen molar-refractivity contribution in [2.24, 2.45) is 14.1 Å². The predicted octanol–water partition coefficient (Wildman–Crippen LogP) is 4.15. The van der Waals surface area contributed by atoms with Gasteiger partial charge in [0.05, 0.1) is 34.7 Å². The quantitative estimate of drug-likeness (QED) is 0.389. The van der Waals surface area contributed by atoms with Crippen molar-refractivity contribution in [3.8, 4) is 33.8 Å². The van der Waals surface area contributed by atoms with Crippen molar-refractivity contribution in [3.63, 3.8) is 0 Å². The zero-order valence-corrected chi connectivity index (χ0v) is 19.3. The average molecular weight is 463 g/mol. The second-order valence-electron chi connectivity index (χ2n) is 8.36. The molecule has 0 aliphatic carbocycles. The van der Waals surface area contributed by atoms with Crippen molar-refractivity contribution in [2.45, 2.75) is 6.54 Å². The van der Waals surface area contributed by atoms with Crippen LogP contribution in [0.4, 0.5) is 11.5 Å². The lowest BCUT2D eigenvalue weighted by Gasteiger charge is -2.13. The Morgan fingerprint density at radius 2 is 1.94 bits per heavy atom. The predicted molar refractivity (Wildman–Crippen MR) is 136 cm³/mol. The van der Waals surface area contributed by atoms with Crippen LogP contribution >= 0.6 is 0 Å². The largest absolute Gasteiger partial charge is 0.364 e. The molecule has 1 amide bonds. The van der Waals surface area contributed by atoms with Crippen molar-refractivity contribution in [1.82, 2.24) is 29.3 Å². The van der Waals surface area contributed by atoms with E-state index >= 15 is 0 Å². The molecule has 0 saturated heterocycles. The standard InChI is InChI=1S/C26H22N8O/c1-4-21(35)31-16-7-5-15(6-8-16)24-22-17-9-10-18(20-11-12-30-34(20)3)32-19(17)13-27-25-23(22)26(33(24)2)29-14-28-25/h4-12,14H,1,13H2,2-3H3,(H,31,35)(H,27,28,29). The van der Waals surface area contributed by atoms with Crippen molar-refractivity contribution >= 4 is 28.4 Å². The normalized spacial score (nSPS) is 12.1. The molecule has 4 aromatic heterocycles. The Bertz CT molecular complexity index is 1630. The van der Waals surface area contributed by atoms with Crippen LogP contribution in [0.3, 0.4) is 0 Å². The first-order valence-electron chi connectivity index (χ1n) is 11.1. The van der Waals surface area contributed by atoms with Crippen LogP contribution in [0.1, 0.15) is 5.69 Å². The van der Waals surface area contributed by atoms with E-state index in [4.69, 9.17) is 4.98 Å². The molecule has 2 N–H and O–H groups in total. The molecule has 0 bridgehead atoms. The molecule has 0 saturated carbocycles. The summed E-state index contributed by atoms with van der Waals surface area (Å²) in [6.45, 7) is 4.05. The summed E-state index contributed by atoms with van der Waals surface area (Å²) in [6.07, 6.45) is 4.60. The molecule has 0 unspecified atom stereocenters. The Morgan fingerprint density at radius 3 is 2.69 bits per heavy atom. The fourth-order valence-corrected chi connectivity index (χ4v) is 4.69.